The van der Waals surface area contributed by atoms with Crippen molar-refractivity contribution in [3.05, 3.63) is 51.7 Å². The predicted octanol–water partition coefficient (Wildman–Crippen LogP) is 1.13. The number of fused-ring (bicyclic) bond motifs is 1. The molecule has 3 heterocycles. The molecule has 7 heteroatoms. The minimum atomic E-state index is -0.203. The van der Waals surface area contributed by atoms with Crippen LogP contribution in [0, 0.1) is 0 Å². The van der Waals surface area contributed by atoms with Crippen molar-refractivity contribution in [2.24, 2.45) is 7.05 Å². The highest BCUT2D eigenvalue weighted by Crippen LogP contribution is 2.14. The van der Waals surface area contributed by atoms with Crippen LogP contribution in [0.25, 0.3) is 0 Å². The molecule has 134 valence electrons. The molecule has 0 bridgehead atoms. The maximum absolute atomic E-state index is 12.2. The van der Waals surface area contributed by atoms with Crippen molar-refractivity contribution in [2.45, 2.75) is 39.4 Å². The Balaban J connectivity index is 1.59. The second kappa shape index (κ2) is 7.65. The van der Waals surface area contributed by atoms with Gasteiger partial charge >= 0.3 is 0 Å². The predicted molar refractivity (Wildman–Crippen MR) is 95.3 cm³/mol. The summed E-state index contributed by atoms with van der Waals surface area (Å²) in [5, 5.41) is 7.46. The molecule has 1 aliphatic heterocycles. The van der Waals surface area contributed by atoms with E-state index in [1.165, 1.54) is 29.2 Å². The summed E-state index contributed by atoms with van der Waals surface area (Å²) in [4.78, 5) is 26.1. The van der Waals surface area contributed by atoms with Crippen LogP contribution in [-0.4, -0.2) is 38.2 Å². The number of carbonyl (C=O) groups is 1. The normalized spacial score (nSPS) is 14.3. The molecule has 0 fully saturated rings. The molecule has 1 amide bonds. The summed E-state index contributed by atoms with van der Waals surface area (Å²) in [6, 6.07) is 5.01. The molecule has 2 aromatic rings. The monoisotopic (exact) mass is 343 g/mol. The Morgan fingerprint density at radius 1 is 1.32 bits per heavy atom. The summed E-state index contributed by atoms with van der Waals surface area (Å²) < 4.78 is 3.44. The summed E-state index contributed by atoms with van der Waals surface area (Å²) in [5.41, 5.74) is 2.40. The van der Waals surface area contributed by atoms with Gasteiger partial charge in [0.15, 0.2) is 0 Å². The van der Waals surface area contributed by atoms with Gasteiger partial charge in [0.05, 0.1) is 30.0 Å². The zero-order valence-electron chi connectivity index (χ0n) is 14.9. The van der Waals surface area contributed by atoms with Gasteiger partial charge in [0.25, 0.3) is 5.91 Å². The van der Waals surface area contributed by atoms with Gasteiger partial charge in [0.2, 0.25) is 5.56 Å². The van der Waals surface area contributed by atoms with Crippen LogP contribution in [0.4, 0.5) is 0 Å². The first-order valence-corrected chi connectivity index (χ1v) is 8.79. The van der Waals surface area contributed by atoms with Gasteiger partial charge in [-0.15, -0.1) is 0 Å². The van der Waals surface area contributed by atoms with Crippen LogP contribution in [-0.2, 0) is 26.7 Å². The molecule has 0 saturated carbocycles. The minimum Gasteiger partial charge on any atom is -0.346 e. The first-order chi connectivity index (χ1) is 12.1. The smallest absolute Gasteiger partial charge is 0.253 e. The number of pyridine rings is 1. The van der Waals surface area contributed by atoms with E-state index in [1.54, 1.807) is 19.3 Å². The number of unbranched alkanes of at least 4 members (excludes halogenated alkanes) is 1. The topological polar surface area (TPSA) is 72.2 Å². The molecule has 0 atom stereocenters. The highest BCUT2D eigenvalue weighted by molar-refractivity contribution is 5.93. The number of hydrogen-bond acceptors (Lipinski definition) is 4. The van der Waals surface area contributed by atoms with Gasteiger partial charge in [0.1, 0.15) is 0 Å². The van der Waals surface area contributed by atoms with E-state index in [4.69, 9.17) is 0 Å². The van der Waals surface area contributed by atoms with E-state index in [2.05, 4.69) is 28.3 Å². The number of aryl methyl sites for hydroxylation is 1. The molecule has 1 N–H and O–H groups in total. The fraction of sp³-hybridized carbons (Fsp3) is 0.500. The lowest BCUT2D eigenvalue weighted by atomic mass is 10.2. The van der Waals surface area contributed by atoms with E-state index >= 15 is 0 Å². The highest BCUT2D eigenvalue weighted by atomic mass is 16.2. The fourth-order valence-electron chi connectivity index (χ4n) is 3.04. The van der Waals surface area contributed by atoms with Gasteiger partial charge < -0.3 is 9.88 Å². The molecule has 0 unspecified atom stereocenters. The lowest BCUT2D eigenvalue weighted by Gasteiger charge is -2.27. The first-order valence-electron chi connectivity index (χ1n) is 8.79. The van der Waals surface area contributed by atoms with Crippen molar-refractivity contribution in [1.82, 2.24) is 24.6 Å². The van der Waals surface area contributed by atoms with Gasteiger partial charge in [-0.3, -0.25) is 19.2 Å². The number of amides is 1. The Hall–Kier alpha value is -2.41. The Kier molecular flexibility index (Phi) is 5.33. The van der Waals surface area contributed by atoms with Crippen molar-refractivity contribution >= 4 is 5.91 Å². The van der Waals surface area contributed by atoms with Crippen molar-refractivity contribution in [2.75, 3.05) is 13.1 Å². The third-order valence-electron chi connectivity index (χ3n) is 4.53. The van der Waals surface area contributed by atoms with Crippen molar-refractivity contribution in [1.29, 1.82) is 0 Å². The van der Waals surface area contributed by atoms with Crippen LogP contribution < -0.4 is 10.9 Å². The molecule has 0 saturated heterocycles. The third kappa shape index (κ3) is 4.17. The second-order valence-electron chi connectivity index (χ2n) is 6.53. The Morgan fingerprint density at radius 3 is 2.92 bits per heavy atom. The van der Waals surface area contributed by atoms with Gasteiger partial charge in [-0.05, 0) is 25.1 Å². The Labute approximate surface area is 147 Å². The molecule has 0 aromatic carbocycles. The molecule has 0 radical (unpaired) electrons. The standard InChI is InChI=1S/C18H25N5O2/c1-3-4-7-22-8-9-23-16(13-22)10-15(20-23)11-19-18(25)14-5-6-17(24)21(2)12-14/h5-6,10,12H,3-4,7-9,11,13H2,1-2H3,(H,19,25). The van der Waals surface area contributed by atoms with Crippen LogP contribution in [0.2, 0.25) is 0 Å². The second-order valence-corrected chi connectivity index (χ2v) is 6.53. The number of aromatic nitrogens is 3. The van der Waals surface area contributed by atoms with Crippen LogP contribution in [0.1, 0.15) is 41.5 Å². The number of nitrogens with zero attached hydrogens (tertiary/aromatic N) is 4. The zero-order chi connectivity index (χ0) is 17.8. The summed E-state index contributed by atoms with van der Waals surface area (Å²) in [6.07, 6.45) is 3.97. The van der Waals surface area contributed by atoms with E-state index in [0.29, 0.717) is 12.1 Å². The van der Waals surface area contributed by atoms with E-state index in [1.807, 2.05) is 4.68 Å². The van der Waals surface area contributed by atoms with Crippen LogP contribution in [0.5, 0.6) is 0 Å². The summed E-state index contributed by atoms with van der Waals surface area (Å²) >= 11 is 0. The van der Waals surface area contributed by atoms with Gasteiger partial charge in [0, 0.05) is 32.4 Å². The highest BCUT2D eigenvalue weighted by Gasteiger charge is 2.18. The number of nitrogens with one attached hydrogen (secondary N) is 1. The lowest BCUT2D eigenvalue weighted by molar-refractivity contribution is 0.0949. The van der Waals surface area contributed by atoms with E-state index in [9.17, 15) is 9.59 Å². The minimum absolute atomic E-state index is 0.133. The molecule has 1 aliphatic rings. The molecule has 25 heavy (non-hydrogen) atoms. The third-order valence-corrected chi connectivity index (χ3v) is 4.53. The summed E-state index contributed by atoms with van der Waals surface area (Å²) in [7, 11) is 1.63. The summed E-state index contributed by atoms with van der Waals surface area (Å²) in [6.45, 7) is 6.56. The van der Waals surface area contributed by atoms with E-state index < -0.39 is 0 Å². The SMILES string of the molecule is CCCCN1CCn2nc(CNC(=O)c3ccc(=O)n(C)c3)cc2C1. The number of hydrogen-bond donors (Lipinski definition) is 1. The molecular formula is C18H25N5O2. The molecule has 2 aromatic heterocycles. The molecule has 3 rings (SSSR count). The average molecular weight is 343 g/mol. The molecule has 7 nitrogen and oxygen atoms in total. The van der Waals surface area contributed by atoms with Gasteiger partial charge in [-0.25, -0.2) is 0 Å². The van der Waals surface area contributed by atoms with E-state index in [0.717, 1.165) is 31.9 Å². The van der Waals surface area contributed by atoms with Gasteiger partial charge in [-0.2, -0.15) is 5.10 Å². The Bertz CT molecular complexity index is 808. The van der Waals surface area contributed by atoms with Crippen molar-refractivity contribution in [3.63, 3.8) is 0 Å². The zero-order valence-corrected chi connectivity index (χ0v) is 14.9. The van der Waals surface area contributed by atoms with Crippen LogP contribution in [0.3, 0.4) is 0 Å². The molecule has 0 aliphatic carbocycles. The number of rotatable bonds is 6. The maximum Gasteiger partial charge on any atom is 0.253 e. The fourth-order valence-corrected chi connectivity index (χ4v) is 3.04. The van der Waals surface area contributed by atoms with Crippen LogP contribution in [0.15, 0.2) is 29.2 Å². The van der Waals surface area contributed by atoms with E-state index in [-0.39, 0.29) is 11.5 Å². The summed E-state index contributed by atoms with van der Waals surface area (Å²) in [5.74, 6) is -0.203. The molecule has 0 spiro atoms. The first kappa shape index (κ1) is 17.4. The maximum atomic E-state index is 12.2. The van der Waals surface area contributed by atoms with Gasteiger partial charge in [-0.1, -0.05) is 13.3 Å². The quantitative estimate of drug-likeness (QED) is 0.853. The van der Waals surface area contributed by atoms with Crippen molar-refractivity contribution < 1.29 is 4.79 Å². The lowest BCUT2D eigenvalue weighted by Crippen LogP contribution is -2.34. The average Bonchev–Trinajstić information content (AvgIpc) is 3.02. The van der Waals surface area contributed by atoms with Crippen molar-refractivity contribution in [3.8, 4) is 0 Å². The largest absolute Gasteiger partial charge is 0.346 e. The number of carbonyl (C=O) groups excluding carboxylic acids is 1. The molecular weight excluding hydrogens is 318 g/mol. The Morgan fingerprint density at radius 2 is 2.16 bits per heavy atom. The van der Waals surface area contributed by atoms with Crippen LogP contribution >= 0.6 is 0 Å².